The van der Waals surface area contributed by atoms with Crippen molar-refractivity contribution in [3.63, 3.8) is 0 Å². The van der Waals surface area contributed by atoms with Crippen LogP contribution < -0.4 is 9.50 Å². The van der Waals surface area contributed by atoms with E-state index in [0.717, 1.165) is 0 Å². The normalized spacial score (nSPS) is 11.3. The quantitative estimate of drug-likeness (QED) is 0.681. The second kappa shape index (κ2) is 6.61. The zero-order valence-electron chi connectivity index (χ0n) is 12.8. The summed E-state index contributed by atoms with van der Waals surface area (Å²) >= 11 is 5.88. The maximum atomic E-state index is 12.2. The lowest BCUT2D eigenvalue weighted by atomic mass is 10.3. The summed E-state index contributed by atoms with van der Waals surface area (Å²) < 4.78 is 35.7. The molecule has 1 amide bonds. The molecule has 0 aliphatic carbocycles. The van der Waals surface area contributed by atoms with Gasteiger partial charge in [0.05, 0.1) is 12.6 Å². The summed E-state index contributed by atoms with van der Waals surface area (Å²) in [6, 6.07) is 8.89. The fraction of sp³-hybridized carbons (Fsp3) is 0.0667. The van der Waals surface area contributed by atoms with Crippen LogP contribution in [-0.2, 0) is 17.2 Å². The lowest BCUT2D eigenvalue weighted by Gasteiger charge is -2.07. The molecule has 0 unspecified atom stereocenters. The average Bonchev–Trinajstić information content (AvgIpc) is 3.20. The van der Waals surface area contributed by atoms with Crippen LogP contribution in [0.1, 0.15) is 10.6 Å². The number of amides is 1. The van der Waals surface area contributed by atoms with Gasteiger partial charge in [-0.2, -0.15) is 8.42 Å². The van der Waals surface area contributed by atoms with Crippen LogP contribution in [0.25, 0.3) is 0 Å². The minimum atomic E-state index is -4.16. The van der Waals surface area contributed by atoms with E-state index in [1.54, 1.807) is 13.1 Å². The molecule has 0 bridgehead atoms. The third-order valence-corrected chi connectivity index (χ3v) is 4.88. The number of carbonyl (C=O) groups is 1. The molecule has 8 nitrogen and oxygen atoms in total. The van der Waals surface area contributed by atoms with Crippen LogP contribution in [0.2, 0.25) is 5.15 Å². The molecule has 0 atom stereocenters. The van der Waals surface area contributed by atoms with Gasteiger partial charge in [0, 0.05) is 12.7 Å². The number of hydrogen-bond donors (Lipinski definition) is 1. The average molecular weight is 382 g/mol. The van der Waals surface area contributed by atoms with Crippen LogP contribution in [0.4, 0.5) is 5.69 Å². The van der Waals surface area contributed by atoms with Crippen molar-refractivity contribution in [2.75, 3.05) is 5.32 Å². The summed E-state index contributed by atoms with van der Waals surface area (Å²) in [5, 5.41) is 2.18. The molecule has 10 heteroatoms. The Labute approximate surface area is 148 Å². The van der Waals surface area contributed by atoms with Gasteiger partial charge in [-0.05, 0) is 36.4 Å². The van der Waals surface area contributed by atoms with E-state index in [2.05, 4.69) is 10.3 Å². The highest BCUT2D eigenvalue weighted by Gasteiger charge is 2.24. The molecule has 0 aliphatic heterocycles. The molecule has 0 fully saturated rings. The number of aryl methyl sites for hydroxylation is 1. The van der Waals surface area contributed by atoms with E-state index in [9.17, 15) is 13.2 Å². The number of halogens is 1. The van der Waals surface area contributed by atoms with Crippen LogP contribution in [0, 0.1) is 0 Å². The Bertz CT molecular complexity index is 994. The Kier molecular flexibility index (Phi) is 4.51. The topological polar surface area (TPSA) is 103 Å². The highest BCUT2D eigenvalue weighted by molar-refractivity contribution is 7.87. The Morgan fingerprint density at radius 1 is 1.28 bits per heavy atom. The number of carbonyl (C=O) groups excluding carboxylic acids is 1. The maximum absolute atomic E-state index is 12.2. The lowest BCUT2D eigenvalue weighted by Crippen LogP contribution is -2.12. The van der Waals surface area contributed by atoms with Crippen molar-refractivity contribution in [2.24, 2.45) is 7.05 Å². The summed E-state index contributed by atoms with van der Waals surface area (Å²) in [6.45, 7) is 0. The molecule has 1 N–H and O–H groups in total. The van der Waals surface area contributed by atoms with Crippen molar-refractivity contribution < 1.29 is 21.8 Å². The molecule has 25 heavy (non-hydrogen) atoms. The van der Waals surface area contributed by atoms with Gasteiger partial charge in [0.15, 0.2) is 10.9 Å². The molecule has 3 aromatic rings. The lowest BCUT2D eigenvalue weighted by molar-refractivity contribution is 0.0996. The van der Waals surface area contributed by atoms with Gasteiger partial charge in [-0.1, -0.05) is 11.6 Å². The van der Waals surface area contributed by atoms with Crippen molar-refractivity contribution in [1.29, 1.82) is 0 Å². The fourth-order valence-corrected chi connectivity index (χ4v) is 3.27. The highest BCUT2D eigenvalue weighted by Crippen LogP contribution is 2.24. The van der Waals surface area contributed by atoms with Crippen LogP contribution in [-0.4, -0.2) is 23.9 Å². The molecule has 0 saturated heterocycles. The predicted molar refractivity (Wildman–Crippen MR) is 89.1 cm³/mol. The van der Waals surface area contributed by atoms with E-state index >= 15 is 0 Å². The predicted octanol–water partition coefficient (Wildman–Crippen LogP) is 2.69. The number of benzene rings is 1. The first-order valence-electron chi connectivity index (χ1n) is 6.93. The van der Waals surface area contributed by atoms with Crippen LogP contribution in [0.5, 0.6) is 5.75 Å². The van der Waals surface area contributed by atoms with Gasteiger partial charge >= 0.3 is 10.1 Å². The Hall–Kier alpha value is -2.78. The summed E-state index contributed by atoms with van der Waals surface area (Å²) in [5.41, 5.74) is 0.446. The van der Waals surface area contributed by atoms with Gasteiger partial charge in [-0.15, -0.1) is 0 Å². The molecule has 130 valence electrons. The summed E-state index contributed by atoms with van der Waals surface area (Å²) in [5.74, 6) is -0.211. The third-order valence-electron chi connectivity index (χ3n) is 3.13. The van der Waals surface area contributed by atoms with E-state index in [1.807, 2.05) is 0 Å². The molecular weight excluding hydrogens is 370 g/mol. The van der Waals surface area contributed by atoms with Crippen molar-refractivity contribution in [2.45, 2.75) is 5.03 Å². The van der Waals surface area contributed by atoms with E-state index in [4.69, 9.17) is 20.2 Å². The monoisotopic (exact) mass is 381 g/mol. The van der Waals surface area contributed by atoms with Crippen molar-refractivity contribution in [3.8, 4) is 5.75 Å². The van der Waals surface area contributed by atoms with Gasteiger partial charge < -0.3 is 18.5 Å². The van der Waals surface area contributed by atoms with Crippen LogP contribution in [0.3, 0.4) is 0 Å². The SMILES string of the molecule is Cn1cnc(S(=O)(=O)Oc2ccc(NC(=O)c3ccco3)cc2)c1Cl. The molecule has 2 heterocycles. The van der Waals surface area contributed by atoms with E-state index < -0.39 is 16.0 Å². The Morgan fingerprint density at radius 2 is 2.00 bits per heavy atom. The molecular formula is C15H12ClN3O5S. The van der Waals surface area contributed by atoms with E-state index in [1.165, 1.54) is 47.5 Å². The third kappa shape index (κ3) is 3.67. The first kappa shape index (κ1) is 17.1. The number of anilines is 1. The smallest absolute Gasteiger partial charge is 0.360 e. The first-order valence-corrected chi connectivity index (χ1v) is 8.71. The number of hydrogen-bond acceptors (Lipinski definition) is 6. The number of nitrogens with one attached hydrogen (secondary N) is 1. The second-order valence-electron chi connectivity index (χ2n) is 4.94. The van der Waals surface area contributed by atoms with Gasteiger partial charge in [0.25, 0.3) is 5.91 Å². The van der Waals surface area contributed by atoms with Gasteiger partial charge in [-0.25, -0.2) is 4.98 Å². The minimum Gasteiger partial charge on any atom is -0.459 e. The van der Waals surface area contributed by atoms with Crippen molar-refractivity contribution in [3.05, 3.63) is 59.9 Å². The standard InChI is InChI=1S/C15H12ClN3O5S/c1-19-9-17-15(13(19)16)25(21,22)24-11-6-4-10(5-7-11)18-14(20)12-3-2-8-23-12/h2-9H,1H3,(H,18,20). The van der Waals surface area contributed by atoms with Gasteiger partial charge in [-0.3, -0.25) is 4.79 Å². The molecule has 3 rings (SSSR count). The molecule has 0 radical (unpaired) electrons. The fourth-order valence-electron chi connectivity index (χ4n) is 1.92. The van der Waals surface area contributed by atoms with Gasteiger partial charge in [0.2, 0.25) is 5.03 Å². The number of imidazole rings is 1. The number of rotatable bonds is 5. The Balaban J connectivity index is 1.72. The summed E-state index contributed by atoms with van der Waals surface area (Å²) in [6.07, 6.45) is 2.66. The highest BCUT2D eigenvalue weighted by atomic mass is 35.5. The molecule has 0 spiro atoms. The zero-order chi connectivity index (χ0) is 18.0. The molecule has 0 aliphatic rings. The van der Waals surface area contributed by atoms with Crippen molar-refractivity contribution in [1.82, 2.24) is 9.55 Å². The van der Waals surface area contributed by atoms with E-state index in [-0.39, 0.29) is 21.7 Å². The first-order chi connectivity index (χ1) is 11.9. The zero-order valence-corrected chi connectivity index (χ0v) is 14.4. The van der Waals surface area contributed by atoms with Crippen molar-refractivity contribution >= 4 is 33.3 Å². The minimum absolute atomic E-state index is 0.0534. The molecule has 2 aromatic heterocycles. The Morgan fingerprint density at radius 3 is 2.56 bits per heavy atom. The molecule has 1 aromatic carbocycles. The summed E-state index contributed by atoms with van der Waals surface area (Å²) in [7, 11) is -2.60. The van der Waals surface area contributed by atoms with Gasteiger partial charge in [0.1, 0.15) is 5.75 Å². The van der Waals surface area contributed by atoms with E-state index in [0.29, 0.717) is 5.69 Å². The summed E-state index contributed by atoms with van der Waals surface area (Å²) in [4.78, 5) is 15.6. The number of aromatic nitrogens is 2. The van der Waals surface area contributed by atoms with Crippen LogP contribution in [0.15, 0.2) is 58.4 Å². The maximum Gasteiger partial charge on any atom is 0.360 e. The largest absolute Gasteiger partial charge is 0.459 e. The second-order valence-corrected chi connectivity index (χ2v) is 6.76. The molecule has 0 saturated carbocycles. The number of furan rings is 1. The number of nitrogens with zero attached hydrogens (tertiary/aromatic N) is 2. The van der Waals surface area contributed by atoms with Crippen LogP contribution >= 0.6 is 11.6 Å².